The summed E-state index contributed by atoms with van der Waals surface area (Å²) in [6, 6.07) is 0. The molecule has 0 amide bonds. The smallest absolute Gasteiger partial charge is 0.328 e. The van der Waals surface area contributed by atoms with Crippen molar-refractivity contribution in [1.29, 1.82) is 0 Å². The van der Waals surface area contributed by atoms with E-state index in [1.54, 1.807) is 25.0 Å². The molecule has 6 nitrogen and oxygen atoms in total. The lowest BCUT2D eigenvalue weighted by molar-refractivity contribution is 0.431. The van der Waals surface area contributed by atoms with Crippen LogP contribution in [0.1, 0.15) is 25.7 Å². The minimum absolute atomic E-state index is 0.218. The van der Waals surface area contributed by atoms with E-state index in [0.717, 1.165) is 12.8 Å². The van der Waals surface area contributed by atoms with Crippen LogP contribution in [-0.2, 0) is 20.6 Å². The van der Waals surface area contributed by atoms with Gasteiger partial charge in [-0.15, -0.1) is 0 Å². The van der Waals surface area contributed by atoms with Gasteiger partial charge in [-0.3, -0.25) is 13.9 Å². The zero-order chi connectivity index (χ0) is 13.6. The molecule has 0 aromatic carbocycles. The van der Waals surface area contributed by atoms with Crippen LogP contribution < -0.4 is 11.2 Å². The van der Waals surface area contributed by atoms with E-state index >= 15 is 0 Å². The summed E-state index contributed by atoms with van der Waals surface area (Å²) < 4.78 is 4.52. The average Bonchev–Trinajstić information content (AvgIpc) is 3.01. The molecule has 1 saturated carbocycles. The van der Waals surface area contributed by atoms with Gasteiger partial charge in [-0.1, -0.05) is 12.8 Å². The fourth-order valence-electron chi connectivity index (χ4n) is 3.01. The summed E-state index contributed by atoms with van der Waals surface area (Å²) >= 11 is 0. The van der Waals surface area contributed by atoms with Crippen molar-refractivity contribution in [3.63, 3.8) is 0 Å². The third kappa shape index (κ3) is 1.82. The molecule has 0 radical (unpaired) electrons. The van der Waals surface area contributed by atoms with E-state index in [-0.39, 0.29) is 11.2 Å². The highest BCUT2D eigenvalue weighted by Gasteiger charge is 2.20. The van der Waals surface area contributed by atoms with Gasteiger partial charge in [0, 0.05) is 20.6 Å². The number of aryl methyl sites for hydroxylation is 2. The lowest BCUT2D eigenvalue weighted by Crippen LogP contribution is -2.40. The topological polar surface area (TPSA) is 61.8 Å². The van der Waals surface area contributed by atoms with Crippen LogP contribution in [0.2, 0.25) is 0 Å². The van der Waals surface area contributed by atoms with Crippen molar-refractivity contribution in [1.82, 2.24) is 18.7 Å². The Hall–Kier alpha value is -1.85. The number of nitrogens with zero attached hydrogens (tertiary/aromatic N) is 4. The Morgan fingerprint density at radius 2 is 1.95 bits per heavy atom. The van der Waals surface area contributed by atoms with Gasteiger partial charge >= 0.3 is 5.69 Å². The Labute approximate surface area is 110 Å². The maximum atomic E-state index is 12.5. The molecule has 0 saturated heterocycles. The van der Waals surface area contributed by atoms with Gasteiger partial charge in [-0.25, -0.2) is 9.78 Å². The molecule has 1 aliphatic carbocycles. The molecule has 3 rings (SSSR count). The Bertz CT molecular complexity index is 731. The standard InChI is InChI=1S/C13H18N4O2/c1-15-8-14-11-10(15)12(18)17(13(19)16(11)2)7-9-5-3-4-6-9/h8-9H,3-7H2,1-2H3. The number of hydrogen-bond acceptors (Lipinski definition) is 3. The van der Waals surface area contributed by atoms with E-state index in [2.05, 4.69) is 4.98 Å². The van der Waals surface area contributed by atoms with E-state index in [0.29, 0.717) is 23.6 Å². The van der Waals surface area contributed by atoms with Crippen molar-refractivity contribution < 1.29 is 0 Å². The predicted octanol–water partition coefficient (Wildman–Crippen LogP) is 0.624. The molecule has 0 aliphatic heterocycles. The van der Waals surface area contributed by atoms with Gasteiger partial charge in [0.2, 0.25) is 0 Å². The molecule has 0 spiro atoms. The van der Waals surface area contributed by atoms with Gasteiger partial charge in [0.05, 0.1) is 6.33 Å². The molecule has 2 aromatic heterocycles. The Morgan fingerprint density at radius 3 is 2.63 bits per heavy atom. The molecule has 1 fully saturated rings. The minimum Gasteiger partial charge on any atom is -0.328 e. The Balaban J connectivity index is 2.20. The van der Waals surface area contributed by atoms with Gasteiger partial charge in [-0.2, -0.15) is 0 Å². The van der Waals surface area contributed by atoms with Crippen LogP contribution in [0, 0.1) is 5.92 Å². The van der Waals surface area contributed by atoms with Gasteiger partial charge in [0.25, 0.3) is 5.56 Å². The van der Waals surface area contributed by atoms with E-state index in [1.165, 1.54) is 22.0 Å². The van der Waals surface area contributed by atoms with Crippen LogP contribution in [0.5, 0.6) is 0 Å². The monoisotopic (exact) mass is 262 g/mol. The van der Waals surface area contributed by atoms with E-state index in [9.17, 15) is 9.59 Å². The lowest BCUT2D eigenvalue weighted by atomic mass is 10.1. The summed E-state index contributed by atoms with van der Waals surface area (Å²) in [5.74, 6) is 0.455. The molecule has 0 bridgehead atoms. The maximum absolute atomic E-state index is 12.5. The van der Waals surface area contributed by atoms with Crippen LogP contribution in [0.15, 0.2) is 15.9 Å². The van der Waals surface area contributed by atoms with E-state index in [4.69, 9.17) is 0 Å². The van der Waals surface area contributed by atoms with Crippen molar-refractivity contribution in [2.45, 2.75) is 32.2 Å². The van der Waals surface area contributed by atoms with E-state index < -0.39 is 0 Å². The quantitative estimate of drug-likeness (QED) is 0.797. The second-order valence-electron chi connectivity index (χ2n) is 5.44. The number of aromatic nitrogens is 4. The van der Waals surface area contributed by atoms with Crippen molar-refractivity contribution >= 4 is 11.2 Å². The molecule has 2 heterocycles. The summed E-state index contributed by atoms with van der Waals surface area (Å²) in [6.07, 6.45) is 6.20. The number of rotatable bonds is 2. The van der Waals surface area contributed by atoms with E-state index in [1.807, 2.05) is 0 Å². The van der Waals surface area contributed by atoms with Gasteiger partial charge in [-0.05, 0) is 18.8 Å². The summed E-state index contributed by atoms with van der Waals surface area (Å²) in [4.78, 5) is 28.9. The molecule has 102 valence electrons. The van der Waals surface area contributed by atoms with Crippen molar-refractivity contribution in [3.05, 3.63) is 27.2 Å². The molecule has 0 atom stereocenters. The van der Waals surface area contributed by atoms with Gasteiger partial charge in [0.1, 0.15) is 0 Å². The third-order valence-electron chi connectivity index (χ3n) is 4.12. The predicted molar refractivity (Wildman–Crippen MR) is 72.2 cm³/mol. The molecule has 1 aliphatic rings. The van der Waals surface area contributed by atoms with Crippen LogP contribution >= 0.6 is 0 Å². The highest BCUT2D eigenvalue weighted by molar-refractivity contribution is 5.69. The molecule has 19 heavy (non-hydrogen) atoms. The van der Waals surface area contributed by atoms with Crippen LogP contribution in [-0.4, -0.2) is 18.7 Å². The molecular formula is C13H18N4O2. The van der Waals surface area contributed by atoms with Crippen molar-refractivity contribution in [2.75, 3.05) is 0 Å². The first-order chi connectivity index (χ1) is 9.09. The summed E-state index contributed by atoms with van der Waals surface area (Å²) in [6.45, 7) is 0.534. The van der Waals surface area contributed by atoms with Crippen LogP contribution in [0.3, 0.4) is 0 Å². The molecular weight excluding hydrogens is 244 g/mol. The van der Waals surface area contributed by atoms with Crippen LogP contribution in [0.25, 0.3) is 11.2 Å². The molecule has 2 aromatic rings. The fourth-order valence-corrected chi connectivity index (χ4v) is 3.01. The first-order valence-corrected chi connectivity index (χ1v) is 6.70. The maximum Gasteiger partial charge on any atom is 0.332 e. The normalized spacial score (nSPS) is 16.5. The summed E-state index contributed by atoms with van der Waals surface area (Å²) in [5, 5.41) is 0. The SMILES string of the molecule is Cn1cnc2c1c(=O)n(CC1CCCC1)c(=O)n2C. The van der Waals surface area contributed by atoms with Crippen LogP contribution in [0.4, 0.5) is 0 Å². The zero-order valence-electron chi connectivity index (χ0n) is 11.3. The molecule has 6 heteroatoms. The highest BCUT2D eigenvalue weighted by atomic mass is 16.2. The van der Waals surface area contributed by atoms with Gasteiger partial charge < -0.3 is 4.57 Å². The highest BCUT2D eigenvalue weighted by Crippen LogP contribution is 2.25. The minimum atomic E-state index is -0.261. The second kappa shape index (κ2) is 4.36. The summed E-state index contributed by atoms with van der Waals surface area (Å²) in [5.41, 5.74) is 0.480. The first kappa shape index (κ1) is 12.2. The largest absolute Gasteiger partial charge is 0.332 e. The number of fused-ring (bicyclic) bond motifs is 1. The molecule has 0 unspecified atom stereocenters. The lowest BCUT2D eigenvalue weighted by Gasteiger charge is -2.12. The van der Waals surface area contributed by atoms with Gasteiger partial charge in [0.15, 0.2) is 11.2 Å². The summed E-state index contributed by atoms with van der Waals surface area (Å²) in [7, 11) is 3.45. The van der Waals surface area contributed by atoms with Crippen molar-refractivity contribution in [2.24, 2.45) is 20.0 Å². The Morgan fingerprint density at radius 1 is 1.26 bits per heavy atom. The Kier molecular flexibility index (Phi) is 2.80. The van der Waals surface area contributed by atoms with Crippen molar-refractivity contribution in [3.8, 4) is 0 Å². The fraction of sp³-hybridized carbons (Fsp3) is 0.615. The molecule has 0 N–H and O–H groups in total. The average molecular weight is 262 g/mol. The number of imidazole rings is 1. The first-order valence-electron chi connectivity index (χ1n) is 6.70. The zero-order valence-corrected chi connectivity index (χ0v) is 11.3. The second-order valence-corrected chi connectivity index (χ2v) is 5.44. The third-order valence-corrected chi connectivity index (χ3v) is 4.12. The number of hydrogen-bond donors (Lipinski definition) is 0.